The summed E-state index contributed by atoms with van der Waals surface area (Å²) in [6.07, 6.45) is 1.82. The second kappa shape index (κ2) is 13.3. The van der Waals surface area contributed by atoms with Gasteiger partial charge in [-0.3, -0.25) is 19.5 Å². The molecule has 45 heavy (non-hydrogen) atoms. The fourth-order valence-electron chi connectivity index (χ4n) is 4.69. The number of nitrogens with one attached hydrogen (secondary N) is 2. The van der Waals surface area contributed by atoms with Crippen LogP contribution in [-0.4, -0.2) is 21.6 Å². The third-order valence-corrected chi connectivity index (χ3v) is 9.04. The van der Waals surface area contributed by atoms with Gasteiger partial charge in [0.25, 0.3) is 17.4 Å². The van der Waals surface area contributed by atoms with E-state index in [2.05, 4.69) is 58.0 Å². The average molecular weight is 672 g/mol. The number of hydrogen-bond donors (Lipinski definition) is 2. The molecule has 1 aromatic heterocycles. The Morgan fingerprint density at radius 1 is 0.911 bits per heavy atom. The monoisotopic (exact) mass is 670 g/mol. The lowest BCUT2D eigenvalue weighted by Gasteiger charge is -2.32. The van der Waals surface area contributed by atoms with Crippen LogP contribution in [0, 0.1) is 0 Å². The zero-order valence-corrected chi connectivity index (χ0v) is 28.6. The summed E-state index contributed by atoms with van der Waals surface area (Å²) >= 11 is 18.6. The highest BCUT2D eigenvalue weighted by atomic mass is 35.5. The van der Waals surface area contributed by atoms with E-state index >= 15 is 0 Å². The van der Waals surface area contributed by atoms with Gasteiger partial charge in [-0.05, 0) is 65.6 Å². The van der Waals surface area contributed by atoms with Crippen LogP contribution in [0.2, 0.25) is 15.1 Å². The number of hydroxylamine groups is 1. The van der Waals surface area contributed by atoms with Crippen LogP contribution in [0.3, 0.4) is 0 Å². The van der Waals surface area contributed by atoms with Crippen molar-refractivity contribution in [1.29, 1.82) is 0 Å². The van der Waals surface area contributed by atoms with Crippen LogP contribution in [0.15, 0.2) is 65.5 Å². The minimum Gasteiger partial charge on any atom is -0.372 e. The maximum Gasteiger partial charge on any atom is 0.273 e. The third-order valence-electron chi connectivity index (χ3n) is 8.25. The first kappa shape index (κ1) is 34.2. The number of aromatic amines is 1. The highest BCUT2D eigenvalue weighted by Crippen LogP contribution is 2.39. The molecule has 1 heterocycles. The summed E-state index contributed by atoms with van der Waals surface area (Å²) < 4.78 is 1.11. The lowest BCUT2D eigenvalue weighted by Crippen LogP contribution is -2.33. The van der Waals surface area contributed by atoms with Gasteiger partial charge in [0.05, 0.1) is 15.7 Å². The number of anilines is 2. The normalized spacial score (nSPS) is 11.8. The maximum absolute atomic E-state index is 13.3. The molecular weight excluding hydrogens is 635 g/mol. The average Bonchev–Trinajstić information content (AvgIpc) is 3.33. The number of rotatable bonds is 10. The fourth-order valence-corrected chi connectivity index (χ4v) is 5.68. The molecule has 4 aromatic rings. The number of halogens is 3. The number of aromatic nitrogens is 2. The predicted molar refractivity (Wildman–Crippen MR) is 183 cm³/mol. The Labute approximate surface area is 278 Å². The van der Waals surface area contributed by atoms with Crippen molar-refractivity contribution >= 4 is 58.1 Å². The van der Waals surface area contributed by atoms with Gasteiger partial charge in [0.2, 0.25) is 0 Å². The number of amides is 2. The molecule has 11 heteroatoms. The summed E-state index contributed by atoms with van der Waals surface area (Å²) in [7, 11) is 0. The van der Waals surface area contributed by atoms with Crippen molar-refractivity contribution < 1.29 is 14.4 Å². The van der Waals surface area contributed by atoms with Crippen molar-refractivity contribution in [3.8, 4) is 11.4 Å². The van der Waals surface area contributed by atoms with Gasteiger partial charge >= 0.3 is 0 Å². The third kappa shape index (κ3) is 7.40. The molecular formula is C34H37Cl3N4O4. The molecule has 0 aliphatic rings. The molecule has 2 amide bonds. The summed E-state index contributed by atoms with van der Waals surface area (Å²) in [4.78, 5) is 45.2. The smallest absolute Gasteiger partial charge is 0.273 e. The molecule has 0 aliphatic heterocycles. The molecule has 4 rings (SSSR count). The molecule has 238 valence electrons. The first-order valence-corrected chi connectivity index (χ1v) is 15.7. The molecule has 0 unspecified atom stereocenters. The Hall–Kier alpha value is -3.72. The second-order valence-corrected chi connectivity index (χ2v) is 13.4. The van der Waals surface area contributed by atoms with E-state index in [4.69, 9.17) is 39.6 Å². The van der Waals surface area contributed by atoms with Crippen LogP contribution in [0.4, 0.5) is 11.5 Å². The molecule has 2 N–H and O–H groups in total. The van der Waals surface area contributed by atoms with Gasteiger partial charge < -0.3 is 10.2 Å². The Morgan fingerprint density at radius 2 is 1.56 bits per heavy atom. The number of carbonyl (C=O) groups is 2. The van der Waals surface area contributed by atoms with Crippen LogP contribution in [0.1, 0.15) is 82.8 Å². The number of H-pyrrole nitrogens is 1. The van der Waals surface area contributed by atoms with Gasteiger partial charge in [-0.2, -0.15) is 0 Å². The van der Waals surface area contributed by atoms with Gasteiger partial charge in [-0.25, -0.2) is 4.68 Å². The lowest BCUT2D eigenvalue weighted by atomic mass is 9.76. The van der Waals surface area contributed by atoms with E-state index in [0.717, 1.165) is 23.1 Å². The Morgan fingerprint density at radius 3 is 2.16 bits per heavy atom. The molecule has 0 saturated heterocycles. The molecule has 0 spiro atoms. The van der Waals surface area contributed by atoms with E-state index in [1.54, 1.807) is 18.2 Å². The van der Waals surface area contributed by atoms with Gasteiger partial charge in [0, 0.05) is 29.1 Å². The highest BCUT2D eigenvalue weighted by molar-refractivity contribution is 6.40. The summed E-state index contributed by atoms with van der Waals surface area (Å²) in [5, 5.41) is 7.27. The molecule has 0 radical (unpaired) electrons. The van der Waals surface area contributed by atoms with Gasteiger partial charge in [0.15, 0.2) is 5.75 Å². The summed E-state index contributed by atoms with van der Waals surface area (Å²) in [6.45, 7) is 14.4. The number of benzene rings is 3. The minimum atomic E-state index is -0.527. The molecule has 3 aromatic carbocycles. The SMILES string of the molecule is CCC(C)(C)c1ccc(ON(C(C)=O)c2cccc(C(=O)Nc3cc(=O)n(-c4c(Cl)cc(Cl)cc4Cl)[nH]3)c2)c(C(C)(C)CC)c1. The van der Waals surface area contributed by atoms with Crippen molar-refractivity contribution in [1.82, 2.24) is 9.78 Å². The molecule has 8 nitrogen and oxygen atoms in total. The highest BCUT2D eigenvalue weighted by Gasteiger charge is 2.29. The molecule has 0 atom stereocenters. The van der Waals surface area contributed by atoms with Crippen LogP contribution in [0.5, 0.6) is 5.75 Å². The van der Waals surface area contributed by atoms with Crippen molar-refractivity contribution in [2.24, 2.45) is 0 Å². The first-order chi connectivity index (χ1) is 21.1. The molecule has 0 aliphatic carbocycles. The minimum absolute atomic E-state index is 0.0301. The topological polar surface area (TPSA) is 96.4 Å². The van der Waals surface area contributed by atoms with Gasteiger partial charge in [-0.15, -0.1) is 5.06 Å². The zero-order valence-electron chi connectivity index (χ0n) is 26.3. The number of hydrogen-bond acceptors (Lipinski definition) is 4. The Kier molecular flexibility index (Phi) is 10.1. The zero-order chi connectivity index (χ0) is 33.3. The van der Waals surface area contributed by atoms with Gasteiger partial charge in [-0.1, -0.05) is 94.5 Å². The van der Waals surface area contributed by atoms with Crippen LogP contribution in [-0.2, 0) is 15.6 Å². The van der Waals surface area contributed by atoms with Crippen molar-refractivity contribution in [3.05, 3.63) is 103 Å². The summed E-state index contributed by atoms with van der Waals surface area (Å²) in [5.74, 6) is -0.232. The van der Waals surface area contributed by atoms with Crippen molar-refractivity contribution in [2.45, 2.75) is 72.1 Å². The van der Waals surface area contributed by atoms with Gasteiger partial charge in [0.1, 0.15) is 11.5 Å². The lowest BCUT2D eigenvalue weighted by molar-refractivity contribution is -0.120. The second-order valence-electron chi connectivity index (χ2n) is 12.2. The van der Waals surface area contributed by atoms with Crippen LogP contribution >= 0.6 is 34.8 Å². The van der Waals surface area contributed by atoms with E-state index in [1.807, 2.05) is 12.1 Å². The van der Waals surface area contributed by atoms with Crippen molar-refractivity contribution in [3.63, 3.8) is 0 Å². The fraction of sp³-hybridized carbons (Fsp3) is 0.324. The van der Waals surface area contributed by atoms with E-state index in [9.17, 15) is 14.4 Å². The standard InChI is InChI=1S/C34H37Cl3N4O4/c1-8-33(4,5)22-13-14-28(25(16-22)34(6,7)9-2)45-41(20(3)42)24-12-10-11-21(15-24)32(44)38-29-19-30(43)40(39-29)31-26(36)17-23(35)18-27(31)37/h10-19,39H,8-9H2,1-7H3,(H,38,44). The Balaban J connectivity index is 1.64. The van der Waals surface area contributed by atoms with Crippen LogP contribution < -0.4 is 20.8 Å². The summed E-state index contributed by atoms with van der Waals surface area (Å²) in [5.41, 5.74) is 2.20. The first-order valence-electron chi connectivity index (χ1n) is 14.6. The number of carbonyl (C=O) groups excluding carboxylic acids is 2. The van der Waals surface area contributed by atoms with E-state index in [-0.39, 0.29) is 43.9 Å². The molecule has 0 fully saturated rings. The van der Waals surface area contributed by atoms with E-state index in [1.165, 1.54) is 41.8 Å². The number of nitrogens with zero attached hydrogens (tertiary/aromatic N) is 2. The predicted octanol–water partition coefficient (Wildman–Crippen LogP) is 9.10. The largest absolute Gasteiger partial charge is 0.372 e. The van der Waals surface area contributed by atoms with Crippen molar-refractivity contribution in [2.75, 3.05) is 10.4 Å². The maximum atomic E-state index is 13.3. The molecule has 0 bridgehead atoms. The summed E-state index contributed by atoms with van der Waals surface area (Å²) in [6, 6.07) is 16.7. The van der Waals surface area contributed by atoms with E-state index < -0.39 is 11.5 Å². The molecule has 0 saturated carbocycles. The van der Waals surface area contributed by atoms with E-state index in [0.29, 0.717) is 16.5 Å². The Bertz CT molecular complexity index is 1790. The quantitative estimate of drug-likeness (QED) is 0.164. The van der Waals surface area contributed by atoms with Crippen LogP contribution in [0.25, 0.3) is 5.69 Å².